The fraction of sp³-hybridized carbons (Fsp3) is 0.167. The summed E-state index contributed by atoms with van der Waals surface area (Å²) in [4.78, 5) is 46.5. The van der Waals surface area contributed by atoms with Crippen molar-refractivity contribution < 1.29 is 33.0 Å². The molecular weight excluding hydrogens is 821 g/mol. The van der Waals surface area contributed by atoms with E-state index in [1.165, 1.54) is 61.8 Å². The number of sulfone groups is 1. The number of aromatic nitrogens is 2. The third-order valence-electron chi connectivity index (χ3n) is 10.4. The molecule has 0 aliphatic heterocycles. The van der Waals surface area contributed by atoms with Crippen LogP contribution in [0.1, 0.15) is 56.4 Å². The summed E-state index contributed by atoms with van der Waals surface area (Å²) in [6.45, 7) is 2.73. The first-order chi connectivity index (χ1) is 30.2. The Morgan fingerprint density at radius 3 is 2.48 bits per heavy atom. The number of hydrogen-bond donors (Lipinski definition) is 6. The number of carbonyl (C=O) groups excluding carboxylic acids is 2. The van der Waals surface area contributed by atoms with E-state index in [-0.39, 0.29) is 43.4 Å². The number of amides is 2. The number of methoxy groups -OCH3 is 1. The number of aromatic amines is 1. The number of H-pyrrole nitrogens is 1. The number of carbonyl (C=O) groups is 2. The number of primary amides is 1. The number of aromatic hydroxyl groups is 1. The number of pyridine rings is 2. The van der Waals surface area contributed by atoms with Gasteiger partial charge in [-0.05, 0) is 117 Å². The Morgan fingerprint density at radius 2 is 1.71 bits per heavy atom. The summed E-state index contributed by atoms with van der Waals surface area (Å²) in [5, 5.41) is 28.0. The zero-order valence-electron chi connectivity index (χ0n) is 34.6. The number of fused-ring (bicyclic) bond motifs is 2. The highest BCUT2D eigenvalue weighted by Gasteiger charge is 2.24. The maximum Gasteiger partial charge on any atom is 0.255 e. The summed E-state index contributed by atoms with van der Waals surface area (Å²) in [6, 6.07) is 28.7. The van der Waals surface area contributed by atoms with Crippen LogP contribution < -0.4 is 26.7 Å². The number of nitrogens with one attached hydrogen (secondary N) is 3. The molecule has 0 radical (unpaired) electrons. The molecule has 7 N–H and O–H groups in total. The van der Waals surface area contributed by atoms with Crippen molar-refractivity contribution in [2.75, 3.05) is 37.9 Å². The van der Waals surface area contributed by atoms with Crippen molar-refractivity contribution in [3.63, 3.8) is 0 Å². The van der Waals surface area contributed by atoms with Crippen LogP contribution in [-0.2, 0) is 9.84 Å². The first kappa shape index (κ1) is 43.6. The van der Waals surface area contributed by atoms with Gasteiger partial charge in [0.25, 0.3) is 11.8 Å². The van der Waals surface area contributed by atoms with Crippen LogP contribution in [-0.4, -0.2) is 72.6 Å². The quantitative estimate of drug-likeness (QED) is 0.0492. The number of nitrogens with zero attached hydrogens (tertiary/aromatic N) is 2. The SMILES string of the molecule is COc1cccc(Nc2c(C(N)=O)cnc3c(C)cc(S(=O)(=O)c4cccc(C(=O)Nc5ccc(C#CCCCN(C)CC(O)c6ccc(O)c7[nH]c(=O)ccc67)cc5)c4)cc23)c1. The van der Waals surface area contributed by atoms with E-state index in [0.717, 1.165) is 12.0 Å². The standard InChI is InChI=1S/C48H44N6O8S/c1-29-23-36(26-39-44(29)50-27-40(47(49)58)45(39)51-33-11-8-12-34(25-33)62-3)63(60,61)35-13-7-10-31(24-35)48(59)52-32-16-14-30(15-17-32)9-5-4-6-22-54(2)28-42(56)37-18-20-41(55)46-38(37)19-21-43(57)53-46/h7-8,10-21,23-27,42,55-56H,4,6,22,28H2,1-3H3,(H2,49,58)(H,50,51)(H,52,59)(H,53,57). The van der Waals surface area contributed by atoms with E-state index < -0.39 is 27.8 Å². The molecule has 5 aromatic carbocycles. The van der Waals surface area contributed by atoms with Crippen LogP contribution >= 0.6 is 0 Å². The zero-order chi connectivity index (χ0) is 44.8. The first-order valence-electron chi connectivity index (χ1n) is 19.8. The Morgan fingerprint density at radius 1 is 0.937 bits per heavy atom. The van der Waals surface area contributed by atoms with Crippen LogP contribution in [0.2, 0.25) is 0 Å². The lowest BCUT2D eigenvalue weighted by atomic mass is 10.0. The van der Waals surface area contributed by atoms with Crippen LogP contribution in [0, 0.1) is 18.8 Å². The molecule has 0 saturated carbocycles. The molecular formula is C48H44N6O8S. The lowest BCUT2D eigenvalue weighted by Gasteiger charge is -2.21. The number of phenolic OH excluding ortho intramolecular Hbond substituents is 1. The predicted octanol–water partition coefficient (Wildman–Crippen LogP) is 6.82. The van der Waals surface area contributed by atoms with Crippen LogP contribution in [0.25, 0.3) is 21.8 Å². The van der Waals surface area contributed by atoms with Crippen LogP contribution in [0.3, 0.4) is 0 Å². The maximum absolute atomic E-state index is 14.2. The molecule has 2 amide bonds. The molecule has 14 nitrogen and oxygen atoms in total. The van der Waals surface area contributed by atoms with Crippen LogP contribution in [0.15, 0.2) is 130 Å². The van der Waals surface area contributed by atoms with Crippen molar-refractivity contribution in [2.24, 2.45) is 5.73 Å². The Kier molecular flexibility index (Phi) is 12.9. The Bertz CT molecular complexity index is 3120. The van der Waals surface area contributed by atoms with Crippen molar-refractivity contribution in [3.8, 4) is 23.3 Å². The van der Waals surface area contributed by atoms with Crippen LogP contribution in [0.5, 0.6) is 11.5 Å². The average Bonchev–Trinajstić information content (AvgIpc) is 3.27. The fourth-order valence-corrected chi connectivity index (χ4v) is 8.60. The highest BCUT2D eigenvalue weighted by Crippen LogP contribution is 2.35. The number of benzene rings is 5. The van der Waals surface area contributed by atoms with Gasteiger partial charge in [-0.15, -0.1) is 0 Å². The Balaban J connectivity index is 0.985. The summed E-state index contributed by atoms with van der Waals surface area (Å²) in [6.07, 6.45) is 1.87. The van der Waals surface area contributed by atoms with Gasteiger partial charge in [0.1, 0.15) is 11.5 Å². The minimum absolute atomic E-state index is 0.0615. The predicted molar refractivity (Wildman–Crippen MR) is 242 cm³/mol. The second-order valence-corrected chi connectivity index (χ2v) is 16.9. The number of rotatable bonds is 14. The second kappa shape index (κ2) is 18.6. The number of unbranched alkanes of at least 4 members (excludes halogenated alkanes) is 1. The van der Waals surface area contributed by atoms with Gasteiger partial charge in [-0.25, -0.2) is 8.42 Å². The van der Waals surface area contributed by atoms with E-state index in [9.17, 15) is 33.0 Å². The van der Waals surface area contributed by atoms with Crippen molar-refractivity contribution in [2.45, 2.75) is 35.7 Å². The van der Waals surface area contributed by atoms with Crippen molar-refractivity contribution in [1.82, 2.24) is 14.9 Å². The molecule has 0 bridgehead atoms. The number of aryl methyl sites for hydroxylation is 1. The Hall–Kier alpha value is -7.51. The third-order valence-corrected chi connectivity index (χ3v) is 12.2. The zero-order valence-corrected chi connectivity index (χ0v) is 35.4. The van der Waals surface area contributed by atoms with E-state index in [1.54, 1.807) is 67.6 Å². The molecule has 0 saturated heterocycles. The molecule has 0 aliphatic carbocycles. The molecule has 2 heterocycles. The topological polar surface area (TPSA) is 217 Å². The van der Waals surface area contributed by atoms with Gasteiger partial charge in [0.05, 0.1) is 45.3 Å². The molecule has 2 aromatic heterocycles. The minimum atomic E-state index is -4.18. The molecule has 7 rings (SSSR count). The van der Waals surface area contributed by atoms with Gasteiger partial charge in [0.15, 0.2) is 0 Å². The van der Waals surface area contributed by atoms with Crippen molar-refractivity contribution in [3.05, 3.63) is 154 Å². The van der Waals surface area contributed by atoms with Crippen LogP contribution in [0.4, 0.5) is 17.1 Å². The molecule has 320 valence electrons. The number of aliphatic hydroxyl groups excluding tert-OH is 1. The number of phenols is 1. The molecule has 63 heavy (non-hydrogen) atoms. The third kappa shape index (κ3) is 9.84. The number of aliphatic hydroxyl groups is 1. The maximum atomic E-state index is 14.2. The molecule has 0 aliphatic rings. The summed E-state index contributed by atoms with van der Waals surface area (Å²) in [5.41, 5.74) is 9.58. The Labute approximate surface area is 363 Å². The molecule has 0 spiro atoms. The number of nitrogens with two attached hydrogens (primary N) is 1. The van der Waals surface area contributed by atoms with Gasteiger partial charge in [0.2, 0.25) is 15.4 Å². The number of anilines is 3. The van der Waals surface area contributed by atoms with Gasteiger partial charge < -0.3 is 41.2 Å². The van der Waals surface area contributed by atoms with Gasteiger partial charge in [-0.1, -0.05) is 30.0 Å². The fourth-order valence-electron chi connectivity index (χ4n) is 7.19. The lowest BCUT2D eigenvalue weighted by molar-refractivity contribution is 0.0998. The monoisotopic (exact) mass is 864 g/mol. The van der Waals surface area contributed by atoms with Gasteiger partial charge in [-0.2, -0.15) is 0 Å². The van der Waals surface area contributed by atoms with Gasteiger partial charge >= 0.3 is 0 Å². The average molecular weight is 865 g/mol. The van der Waals surface area contributed by atoms with Gasteiger partial charge in [0, 0.05) is 64.6 Å². The largest absolute Gasteiger partial charge is 0.506 e. The molecule has 0 fully saturated rings. The van der Waals surface area contributed by atoms with E-state index >= 15 is 0 Å². The molecule has 1 atom stereocenters. The smallest absolute Gasteiger partial charge is 0.255 e. The summed E-state index contributed by atoms with van der Waals surface area (Å²) >= 11 is 0. The number of likely N-dealkylation sites (N-methyl/N-ethyl adjacent to an activating group) is 1. The van der Waals surface area contributed by atoms with Gasteiger partial charge in [-0.3, -0.25) is 19.4 Å². The summed E-state index contributed by atoms with van der Waals surface area (Å²) in [5.74, 6) is 5.53. The number of hydrogen-bond acceptors (Lipinski definition) is 11. The lowest BCUT2D eigenvalue weighted by Crippen LogP contribution is -2.25. The highest BCUT2D eigenvalue weighted by molar-refractivity contribution is 7.91. The molecule has 7 aromatic rings. The minimum Gasteiger partial charge on any atom is -0.506 e. The van der Waals surface area contributed by atoms with Crippen molar-refractivity contribution in [1.29, 1.82) is 0 Å². The molecule has 1 unspecified atom stereocenters. The highest BCUT2D eigenvalue weighted by atomic mass is 32.2. The van der Waals surface area contributed by atoms with E-state index in [2.05, 4.69) is 32.4 Å². The van der Waals surface area contributed by atoms with Crippen molar-refractivity contribution >= 4 is 60.5 Å². The second-order valence-electron chi connectivity index (χ2n) is 14.9. The molecule has 15 heteroatoms. The van der Waals surface area contributed by atoms with E-state index in [1.807, 2.05) is 11.9 Å². The summed E-state index contributed by atoms with van der Waals surface area (Å²) in [7, 11) is -0.757. The normalized spacial score (nSPS) is 11.8. The first-order valence-corrected chi connectivity index (χ1v) is 21.3. The van der Waals surface area contributed by atoms with E-state index in [0.29, 0.717) is 64.1 Å². The number of ether oxygens (including phenoxy) is 1. The van der Waals surface area contributed by atoms with E-state index in [4.69, 9.17) is 10.5 Å². The summed E-state index contributed by atoms with van der Waals surface area (Å²) < 4.78 is 33.7.